The SMILES string of the molecule is C[C@@H]1C(=O)N2CCCc3cc(NC(=O)CCc4ccccc4)cc1c32. The molecular formula is C21H22N2O2. The summed E-state index contributed by atoms with van der Waals surface area (Å²) < 4.78 is 0. The van der Waals surface area contributed by atoms with Gasteiger partial charge in [0, 0.05) is 18.7 Å². The van der Waals surface area contributed by atoms with Crippen molar-refractivity contribution in [3.63, 3.8) is 0 Å². The summed E-state index contributed by atoms with van der Waals surface area (Å²) in [5.41, 5.74) is 5.30. The van der Waals surface area contributed by atoms with Crippen LogP contribution in [0.3, 0.4) is 0 Å². The average molecular weight is 334 g/mol. The first kappa shape index (κ1) is 15.9. The third-order valence-electron chi connectivity index (χ3n) is 5.19. The minimum Gasteiger partial charge on any atom is -0.326 e. The predicted molar refractivity (Wildman–Crippen MR) is 98.9 cm³/mol. The Bertz CT molecular complexity index is 829. The standard InChI is InChI=1S/C21H22N2O2/c1-14-18-13-17(12-16-8-5-11-23(20(16)18)21(14)25)22-19(24)10-9-15-6-3-2-4-7-15/h2-4,6-7,12-14H,5,8-11H2,1H3,(H,22,24)/t14-/m0/s1. The van der Waals surface area contributed by atoms with E-state index in [1.54, 1.807) is 0 Å². The maximum Gasteiger partial charge on any atom is 0.234 e. The molecule has 4 rings (SSSR count). The number of rotatable bonds is 4. The quantitative estimate of drug-likeness (QED) is 0.928. The molecule has 1 atom stereocenters. The number of hydrogen-bond donors (Lipinski definition) is 1. The zero-order valence-electron chi connectivity index (χ0n) is 14.4. The topological polar surface area (TPSA) is 49.4 Å². The molecular weight excluding hydrogens is 312 g/mol. The molecule has 2 aromatic carbocycles. The van der Waals surface area contributed by atoms with Crippen molar-refractivity contribution in [3.8, 4) is 0 Å². The first-order chi connectivity index (χ1) is 12.1. The minimum absolute atomic E-state index is 0.0145. The van der Waals surface area contributed by atoms with Gasteiger partial charge in [-0.1, -0.05) is 30.3 Å². The highest BCUT2D eigenvalue weighted by Crippen LogP contribution is 2.44. The fraction of sp³-hybridized carbons (Fsp3) is 0.333. The summed E-state index contributed by atoms with van der Waals surface area (Å²) in [7, 11) is 0. The van der Waals surface area contributed by atoms with Crippen molar-refractivity contribution in [2.75, 3.05) is 16.8 Å². The Morgan fingerprint density at radius 2 is 2.04 bits per heavy atom. The highest BCUT2D eigenvalue weighted by atomic mass is 16.2. The van der Waals surface area contributed by atoms with E-state index in [1.807, 2.05) is 54.3 Å². The second-order valence-electron chi connectivity index (χ2n) is 6.92. The van der Waals surface area contributed by atoms with Gasteiger partial charge in [-0.3, -0.25) is 9.59 Å². The second-order valence-corrected chi connectivity index (χ2v) is 6.92. The monoisotopic (exact) mass is 334 g/mol. The summed E-state index contributed by atoms with van der Waals surface area (Å²) in [5, 5.41) is 3.02. The van der Waals surface area contributed by atoms with E-state index in [4.69, 9.17) is 0 Å². The molecule has 2 amide bonds. The van der Waals surface area contributed by atoms with E-state index in [9.17, 15) is 9.59 Å². The van der Waals surface area contributed by atoms with Gasteiger partial charge in [0.05, 0.1) is 11.6 Å². The van der Waals surface area contributed by atoms with Crippen LogP contribution in [0, 0.1) is 0 Å². The molecule has 25 heavy (non-hydrogen) atoms. The van der Waals surface area contributed by atoms with Crippen LogP contribution in [0.15, 0.2) is 42.5 Å². The van der Waals surface area contributed by atoms with Gasteiger partial charge in [0.25, 0.3) is 0 Å². The highest BCUT2D eigenvalue weighted by Gasteiger charge is 2.37. The van der Waals surface area contributed by atoms with Crippen molar-refractivity contribution in [1.82, 2.24) is 0 Å². The summed E-state index contributed by atoms with van der Waals surface area (Å²) in [4.78, 5) is 26.6. The number of carbonyl (C=O) groups is 2. The molecule has 4 nitrogen and oxygen atoms in total. The second kappa shape index (κ2) is 6.36. The van der Waals surface area contributed by atoms with Crippen molar-refractivity contribution in [1.29, 1.82) is 0 Å². The van der Waals surface area contributed by atoms with Crippen LogP contribution in [0.1, 0.15) is 42.4 Å². The molecule has 0 saturated carbocycles. The van der Waals surface area contributed by atoms with Crippen LogP contribution in [-0.4, -0.2) is 18.4 Å². The van der Waals surface area contributed by atoms with Gasteiger partial charge in [0.2, 0.25) is 11.8 Å². The zero-order valence-corrected chi connectivity index (χ0v) is 14.4. The van der Waals surface area contributed by atoms with Gasteiger partial charge < -0.3 is 10.2 Å². The Morgan fingerprint density at radius 1 is 1.24 bits per heavy atom. The normalized spacial score (nSPS) is 18.2. The molecule has 0 aromatic heterocycles. The summed E-state index contributed by atoms with van der Waals surface area (Å²) in [6, 6.07) is 14.0. The molecule has 0 radical (unpaired) electrons. The van der Waals surface area contributed by atoms with E-state index in [2.05, 4.69) is 5.32 Å². The molecule has 1 N–H and O–H groups in total. The van der Waals surface area contributed by atoms with E-state index in [-0.39, 0.29) is 17.7 Å². The summed E-state index contributed by atoms with van der Waals surface area (Å²) in [6.45, 7) is 2.77. The Morgan fingerprint density at radius 3 is 2.84 bits per heavy atom. The van der Waals surface area contributed by atoms with Gasteiger partial charge in [0.15, 0.2) is 0 Å². The fourth-order valence-corrected chi connectivity index (χ4v) is 3.89. The van der Waals surface area contributed by atoms with Crippen molar-refractivity contribution < 1.29 is 9.59 Å². The number of hydrogen-bond acceptors (Lipinski definition) is 2. The highest BCUT2D eigenvalue weighted by molar-refractivity contribution is 6.06. The molecule has 2 aromatic rings. The Labute approximate surface area is 147 Å². The maximum absolute atomic E-state index is 12.4. The summed E-state index contributed by atoms with van der Waals surface area (Å²) in [6.07, 6.45) is 3.13. The fourth-order valence-electron chi connectivity index (χ4n) is 3.89. The zero-order chi connectivity index (χ0) is 17.4. The van der Waals surface area contributed by atoms with Crippen LogP contribution in [0.2, 0.25) is 0 Å². The molecule has 2 aliphatic heterocycles. The van der Waals surface area contributed by atoms with E-state index in [1.165, 1.54) is 5.56 Å². The lowest BCUT2D eigenvalue weighted by atomic mass is 9.96. The predicted octanol–water partition coefficient (Wildman–Crippen LogP) is 3.65. The van der Waals surface area contributed by atoms with Gasteiger partial charge in [0.1, 0.15) is 0 Å². The number of amides is 2. The Balaban J connectivity index is 1.50. The number of benzene rings is 2. The van der Waals surface area contributed by atoms with Crippen LogP contribution in [0.4, 0.5) is 11.4 Å². The van der Waals surface area contributed by atoms with E-state index in [0.717, 1.165) is 48.3 Å². The molecule has 0 unspecified atom stereocenters. The Kier molecular flexibility index (Phi) is 4.04. The van der Waals surface area contributed by atoms with E-state index < -0.39 is 0 Å². The average Bonchev–Trinajstić information content (AvgIpc) is 2.88. The van der Waals surface area contributed by atoms with Crippen molar-refractivity contribution >= 4 is 23.2 Å². The first-order valence-corrected chi connectivity index (χ1v) is 8.95. The van der Waals surface area contributed by atoms with Gasteiger partial charge in [-0.05, 0) is 55.0 Å². The maximum atomic E-state index is 12.4. The lowest BCUT2D eigenvalue weighted by Gasteiger charge is -2.26. The largest absolute Gasteiger partial charge is 0.326 e. The van der Waals surface area contributed by atoms with Crippen molar-refractivity contribution in [2.24, 2.45) is 0 Å². The van der Waals surface area contributed by atoms with E-state index in [0.29, 0.717) is 6.42 Å². The number of nitrogens with one attached hydrogen (secondary N) is 1. The molecule has 4 heteroatoms. The van der Waals surface area contributed by atoms with Crippen LogP contribution in [0.25, 0.3) is 0 Å². The Hall–Kier alpha value is -2.62. The summed E-state index contributed by atoms with van der Waals surface area (Å²) in [5.74, 6) is 0.0807. The number of nitrogens with zero attached hydrogens (tertiary/aromatic N) is 1. The van der Waals surface area contributed by atoms with Gasteiger partial charge in [-0.15, -0.1) is 0 Å². The van der Waals surface area contributed by atoms with Crippen molar-refractivity contribution in [3.05, 3.63) is 59.2 Å². The lowest BCUT2D eigenvalue weighted by Crippen LogP contribution is -2.32. The number of carbonyl (C=O) groups excluding carboxylic acids is 2. The lowest BCUT2D eigenvalue weighted by molar-refractivity contribution is -0.119. The van der Waals surface area contributed by atoms with Crippen LogP contribution in [-0.2, 0) is 22.4 Å². The van der Waals surface area contributed by atoms with Crippen LogP contribution >= 0.6 is 0 Å². The molecule has 0 saturated heterocycles. The minimum atomic E-state index is -0.118. The third kappa shape index (κ3) is 2.93. The smallest absolute Gasteiger partial charge is 0.234 e. The van der Waals surface area contributed by atoms with Gasteiger partial charge in [-0.25, -0.2) is 0 Å². The molecule has 0 fully saturated rings. The van der Waals surface area contributed by atoms with Crippen molar-refractivity contribution in [2.45, 2.75) is 38.5 Å². The number of anilines is 2. The van der Waals surface area contributed by atoms with Gasteiger partial charge >= 0.3 is 0 Å². The summed E-state index contributed by atoms with van der Waals surface area (Å²) >= 11 is 0. The molecule has 0 spiro atoms. The molecule has 0 bridgehead atoms. The molecule has 0 aliphatic carbocycles. The molecule has 2 heterocycles. The van der Waals surface area contributed by atoms with Crippen LogP contribution < -0.4 is 10.2 Å². The molecule has 128 valence electrons. The third-order valence-corrected chi connectivity index (χ3v) is 5.19. The number of aryl methyl sites for hydroxylation is 2. The van der Waals surface area contributed by atoms with Gasteiger partial charge in [-0.2, -0.15) is 0 Å². The van der Waals surface area contributed by atoms with E-state index >= 15 is 0 Å². The molecule has 2 aliphatic rings. The first-order valence-electron chi connectivity index (χ1n) is 8.95. The van der Waals surface area contributed by atoms with Crippen LogP contribution in [0.5, 0.6) is 0 Å².